The summed E-state index contributed by atoms with van der Waals surface area (Å²) in [5.41, 5.74) is 1.18. The molecule has 1 saturated heterocycles. The number of methoxy groups -OCH3 is 1. The predicted molar refractivity (Wildman–Crippen MR) is 76.9 cm³/mol. The highest BCUT2D eigenvalue weighted by atomic mass is 16.5. The fourth-order valence-electron chi connectivity index (χ4n) is 2.18. The van der Waals surface area contributed by atoms with Crippen LogP contribution in [0.1, 0.15) is 13.3 Å². The number of likely N-dealkylation sites (tertiary alicyclic amines) is 1. The summed E-state index contributed by atoms with van der Waals surface area (Å²) < 4.78 is 4.51. The number of carbonyl (C=O) groups excluding carboxylic acids is 3. The van der Waals surface area contributed by atoms with Crippen molar-refractivity contribution in [3.63, 3.8) is 0 Å². The van der Waals surface area contributed by atoms with Crippen molar-refractivity contribution in [1.29, 1.82) is 0 Å². The molecule has 1 aliphatic rings. The van der Waals surface area contributed by atoms with Crippen LogP contribution in [0.3, 0.4) is 0 Å². The summed E-state index contributed by atoms with van der Waals surface area (Å²) in [5.74, 6) is -0.405. The highest BCUT2D eigenvalue weighted by molar-refractivity contribution is 6.06. The number of amides is 3. The number of likely N-dealkylation sites (N-methyl/N-ethyl adjacent to an activating group) is 1. The van der Waals surface area contributed by atoms with E-state index in [1.165, 1.54) is 12.0 Å². The average Bonchev–Trinajstić information content (AvgIpc) is 2.73. The Bertz CT molecular complexity index is 573. The molecule has 3 amide bonds. The molecular weight excluding hydrogens is 274 g/mol. The number of imide groups is 1. The van der Waals surface area contributed by atoms with Gasteiger partial charge in [-0.1, -0.05) is 6.07 Å². The zero-order valence-corrected chi connectivity index (χ0v) is 11.9. The number of hydrogen-bond donors (Lipinski definition) is 2. The van der Waals surface area contributed by atoms with Gasteiger partial charge in [0.25, 0.3) is 5.91 Å². The highest BCUT2D eigenvalue weighted by Gasteiger charge is 2.37. The molecule has 0 bridgehead atoms. The Balaban J connectivity index is 2.07. The molecule has 1 aromatic rings. The Morgan fingerprint density at radius 2 is 2.10 bits per heavy atom. The number of nitrogens with zero attached hydrogens (tertiary/aromatic N) is 1. The van der Waals surface area contributed by atoms with Gasteiger partial charge in [0.2, 0.25) is 5.91 Å². The Hall–Kier alpha value is -2.57. The lowest BCUT2D eigenvalue weighted by atomic mass is 10.2. The van der Waals surface area contributed by atoms with Crippen molar-refractivity contribution in [3.8, 4) is 0 Å². The number of benzene rings is 1. The second kappa shape index (κ2) is 6.25. The van der Waals surface area contributed by atoms with Crippen molar-refractivity contribution in [2.75, 3.05) is 24.3 Å². The van der Waals surface area contributed by atoms with Crippen molar-refractivity contribution >= 4 is 29.3 Å². The van der Waals surface area contributed by atoms with Crippen LogP contribution in [0.5, 0.6) is 0 Å². The van der Waals surface area contributed by atoms with Gasteiger partial charge in [-0.2, -0.15) is 0 Å². The van der Waals surface area contributed by atoms with E-state index in [-0.39, 0.29) is 18.2 Å². The number of anilines is 2. The largest absolute Gasteiger partial charge is 0.453 e. The fraction of sp³-hybridized carbons (Fsp3) is 0.357. The van der Waals surface area contributed by atoms with Crippen molar-refractivity contribution in [2.45, 2.75) is 19.4 Å². The van der Waals surface area contributed by atoms with Crippen LogP contribution in [0.15, 0.2) is 24.3 Å². The first-order valence-electron chi connectivity index (χ1n) is 6.61. The van der Waals surface area contributed by atoms with E-state index in [0.717, 1.165) is 0 Å². The summed E-state index contributed by atoms with van der Waals surface area (Å²) in [6.07, 6.45) is -0.433. The molecule has 0 saturated carbocycles. The van der Waals surface area contributed by atoms with Gasteiger partial charge in [0, 0.05) is 17.9 Å². The molecule has 7 nitrogen and oxygen atoms in total. The van der Waals surface area contributed by atoms with Gasteiger partial charge in [-0.3, -0.25) is 19.8 Å². The molecule has 0 radical (unpaired) electrons. The third-order valence-electron chi connectivity index (χ3n) is 3.20. The maximum absolute atomic E-state index is 12.0. The number of nitrogens with one attached hydrogen (secondary N) is 2. The molecule has 112 valence electrons. The quantitative estimate of drug-likeness (QED) is 0.819. The average molecular weight is 291 g/mol. The van der Waals surface area contributed by atoms with E-state index in [1.54, 1.807) is 31.2 Å². The molecular formula is C14H17N3O4. The molecule has 1 heterocycles. The van der Waals surface area contributed by atoms with Crippen molar-refractivity contribution in [3.05, 3.63) is 24.3 Å². The predicted octanol–water partition coefficient (Wildman–Crippen LogP) is 1.42. The molecule has 0 aliphatic carbocycles. The first-order chi connectivity index (χ1) is 10.0. The minimum atomic E-state index is -0.573. The highest BCUT2D eigenvalue weighted by Crippen LogP contribution is 2.20. The normalized spacial score (nSPS) is 17.8. The van der Waals surface area contributed by atoms with Crippen molar-refractivity contribution in [2.24, 2.45) is 0 Å². The topological polar surface area (TPSA) is 87.7 Å². The zero-order valence-electron chi connectivity index (χ0n) is 11.9. The molecule has 21 heavy (non-hydrogen) atoms. The first-order valence-corrected chi connectivity index (χ1v) is 6.61. The standard InChI is InChI=1S/C14H17N3O4/c1-3-17-12(18)8-11(13(17)19)15-9-5-4-6-10(7-9)16-14(20)21-2/h4-7,11,15H,3,8H2,1-2H3,(H,16,20). The lowest BCUT2D eigenvalue weighted by molar-refractivity contribution is -0.138. The summed E-state index contributed by atoms with van der Waals surface area (Å²) in [6.45, 7) is 2.14. The van der Waals surface area contributed by atoms with Crippen LogP contribution in [-0.4, -0.2) is 42.5 Å². The lowest BCUT2D eigenvalue weighted by Gasteiger charge is -2.14. The van der Waals surface area contributed by atoms with Crippen LogP contribution in [0.25, 0.3) is 0 Å². The maximum Gasteiger partial charge on any atom is 0.411 e. The third-order valence-corrected chi connectivity index (χ3v) is 3.20. The number of hydrogen-bond acceptors (Lipinski definition) is 5. The van der Waals surface area contributed by atoms with E-state index >= 15 is 0 Å². The summed E-state index contributed by atoms with van der Waals surface area (Å²) in [5, 5.41) is 5.55. The molecule has 1 fully saturated rings. The molecule has 1 aromatic carbocycles. The Morgan fingerprint density at radius 3 is 2.71 bits per heavy atom. The van der Waals surface area contributed by atoms with Crippen LogP contribution in [0.4, 0.5) is 16.2 Å². The summed E-state index contributed by atoms with van der Waals surface area (Å²) >= 11 is 0. The van der Waals surface area contributed by atoms with Gasteiger partial charge in [0.1, 0.15) is 6.04 Å². The summed E-state index contributed by atoms with van der Waals surface area (Å²) in [7, 11) is 1.28. The van der Waals surface area contributed by atoms with E-state index in [0.29, 0.717) is 17.9 Å². The monoisotopic (exact) mass is 291 g/mol. The number of carbonyl (C=O) groups is 3. The molecule has 1 unspecified atom stereocenters. The van der Waals surface area contributed by atoms with Crippen molar-refractivity contribution in [1.82, 2.24) is 4.90 Å². The second-order valence-corrected chi connectivity index (χ2v) is 4.57. The van der Waals surface area contributed by atoms with Crippen LogP contribution in [0.2, 0.25) is 0 Å². The van der Waals surface area contributed by atoms with E-state index in [1.807, 2.05) is 0 Å². The Morgan fingerprint density at radius 1 is 1.38 bits per heavy atom. The second-order valence-electron chi connectivity index (χ2n) is 4.57. The minimum Gasteiger partial charge on any atom is -0.453 e. The molecule has 2 N–H and O–H groups in total. The van der Waals surface area contributed by atoms with Gasteiger partial charge >= 0.3 is 6.09 Å². The zero-order chi connectivity index (χ0) is 15.4. The number of ether oxygens (including phenoxy) is 1. The molecule has 2 rings (SSSR count). The van der Waals surface area contributed by atoms with Gasteiger partial charge in [-0.05, 0) is 25.1 Å². The molecule has 7 heteroatoms. The van der Waals surface area contributed by atoms with Gasteiger partial charge in [-0.25, -0.2) is 4.79 Å². The Labute approximate surface area is 122 Å². The van der Waals surface area contributed by atoms with E-state index in [9.17, 15) is 14.4 Å². The van der Waals surface area contributed by atoms with E-state index in [2.05, 4.69) is 15.4 Å². The van der Waals surface area contributed by atoms with Gasteiger partial charge < -0.3 is 10.1 Å². The summed E-state index contributed by atoms with van der Waals surface area (Å²) in [6, 6.07) is 6.29. The lowest BCUT2D eigenvalue weighted by Crippen LogP contribution is -2.34. The Kier molecular flexibility index (Phi) is 4.42. The molecule has 0 spiro atoms. The first kappa shape index (κ1) is 14.8. The van der Waals surface area contributed by atoms with Crippen LogP contribution < -0.4 is 10.6 Å². The van der Waals surface area contributed by atoms with Crippen LogP contribution in [0, 0.1) is 0 Å². The molecule has 1 aliphatic heterocycles. The number of rotatable bonds is 4. The van der Waals surface area contributed by atoms with Gasteiger partial charge in [-0.15, -0.1) is 0 Å². The van der Waals surface area contributed by atoms with E-state index in [4.69, 9.17) is 0 Å². The maximum atomic E-state index is 12.0. The van der Waals surface area contributed by atoms with Crippen molar-refractivity contribution < 1.29 is 19.1 Å². The minimum absolute atomic E-state index is 0.140. The SMILES string of the molecule is CCN1C(=O)CC(Nc2cccc(NC(=O)OC)c2)C1=O. The van der Waals surface area contributed by atoms with Crippen LogP contribution in [-0.2, 0) is 14.3 Å². The van der Waals surface area contributed by atoms with E-state index < -0.39 is 12.1 Å². The van der Waals surface area contributed by atoms with Gasteiger partial charge in [0.05, 0.1) is 13.5 Å². The summed E-state index contributed by atoms with van der Waals surface area (Å²) in [4.78, 5) is 36.1. The smallest absolute Gasteiger partial charge is 0.411 e. The molecule has 1 atom stereocenters. The fourth-order valence-corrected chi connectivity index (χ4v) is 2.18. The molecule has 0 aromatic heterocycles. The van der Waals surface area contributed by atoms with Crippen LogP contribution >= 0.6 is 0 Å². The van der Waals surface area contributed by atoms with Gasteiger partial charge in [0.15, 0.2) is 0 Å². The third kappa shape index (κ3) is 3.31.